The Labute approximate surface area is 91.2 Å². The summed E-state index contributed by atoms with van der Waals surface area (Å²) in [6, 6.07) is 0. The Bertz CT molecular complexity index is 272. The van der Waals surface area contributed by atoms with Gasteiger partial charge in [-0.3, -0.25) is 0 Å². The molecule has 1 aromatic heterocycles. The lowest BCUT2D eigenvalue weighted by Gasteiger charge is -2.24. The summed E-state index contributed by atoms with van der Waals surface area (Å²) in [5.74, 6) is 0. The van der Waals surface area contributed by atoms with Crippen LogP contribution >= 0.6 is 27.3 Å². The van der Waals surface area contributed by atoms with E-state index in [-0.39, 0.29) is 5.54 Å². The maximum Gasteiger partial charge on any atom is 0.0483 e. The lowest BCUT2D eigenvalue weighted by molar-refractivity contribution is 0.172. The molecule has 4 heteroatoms. The van der Waals surface area contributed by atoms with Gasteiger partial charge in [0, 0.05) is 29.1 Å². The maximum atomic E-state index is 6.17. The van der Waals surface area contributed by atoms with Crippen molar-refractivity contribution in [2.75, 3.05) is 13.7 Å². The van der Waals surface area contributed by atoms with Crippen molar-refractivity contribution in [3.05, 3.63) is 20.8 Å². The number of thiophene rings is 1. The first-order chi connectivity index (χ1) is 6.08. The number of hydrogen-bond donors (Lipinski definition) is 1. The third-order valence-corrected chi connectivity index (χ3v) is 3.76. The molecule has 0 fully saturated rings. The Morgan fingerprint density at radius 2 is 2.31 bits per heavy atom. The second kappa shape index (κ2) is 4.55. The third-order valence-electron chi connectivity index (χ3n) is 2.06. The van der Waals surface area contributed by atoms with Gasteiger partial charge in [-0.15, -0.1) is 0 Å². The number of halogens is 1. The van der Waals surface area contributed by atoms with E-state index in [9.17, 15) is 0 Å². The fourth-order valence-electron chi connectivity index (χ4n) is 1.14. The quantitative estimate of drug-likeness (QED) is 0.907. The molecule has 2 N–H and O–H groups in total. The molecule has 0 aliphatic heterocycles. The van der Waals surface area contributed by atoms with Gasteiger partial charge in [0.25, 0.3) is 0 Å². The molecule has 1 aromatic rings. The molecule has 0 bridgehead atoms. The van der Waals surface area contributed by atoms with Crippen molar-refractivity contribution in [2.45, 2.75) is 18.9 Å². The molecule has 0 aliphatic carbocycles. The van der Waals surface area contributed by atoms with Crippen LogP contribution in [0.2, 0.25) is 0 Å². The highest BCUT2D eigenvalue weighted by Crippen LogP contribution is 2.31. The molecular weight excluding hydrogens is 250 g/mol. The second-order valence-corrected chi connectivity index (χ2v) is 4.89. The SMILES string of the molecule is COCCC(C)(N)c1cscc1Br. The van der Waals surface area contributed by atoms with E-state index in [2.05, 4.69) is 21.3 Å². The Kier molecular flexibility index (Phi) is 3.91. The molecule has 1 atom stereocenters. The van der Waals surface area contributed by atoms with Crippen LogP contribution in [-0.2, 0) is 10.3 Å². The fraction of sp³-hybridized carbons (Fsp3) is 0.556. The van der Waals surface area contributed by atoms with Crippen molar-refractivity contribution < 1.29 is 4.74 Å². The van der Waals surface area contributed by atoms with Crippen molar-refractivity contribution >= 4 is 27.3 Å². The van der Waals surface area contributed by atoms with Gasteiger partial charge in [-0.1, -0.05) is 0 Å². The molecule has 0 radical (unpaired) electrons. The lowest BCUT2D eigenvalue weighted by Crippen LogP contribution is -2.34. The zero-order valence-corrected chi connectivity index (χ0v) is 10.2. The highest BCUT2D eigenvalue weighted by Gasteiger charge is 2.23. The van der Waals surface area contributed by atoms with Crippen LogP contribution in [0.1, 0.15) is 18.9 Å². The summed E-state index contributed by atoms with van der Waals surface area (Å²) in [7, 11) is 1.69. The molecule has 1 rings (SSSR count). The number of hydrogen-bond acceptors (Lipinski definition) is 3. The summed E-state index contributed by atoms with van der Waals surface area (Å²) >= 11 is 5.14. The zero-order chi connectivity index (χ0) is 9.90. The van der Waals surface area contributed by atoms with Crippen LogP contribution in [0.5, 0.6) is 0 Å². The fourth-order valence-corrected chi connectivity index (χ4v) is 3.03. The van der Waals surface area contributed by atoms with E-state index in [4.69, 9.17) is 10.5 Å². The van der Waals surface area contributed by atoms with Crippen molar-refractivity contribution in [3.8, 4) is 0 Å². The van der Waals surface area contributed by atoms with Gasteiger partial charge >= 0.3 is 0 Å². The summed E-state index contributed by atoms with van der Waals surface area (Å²) in [5.41, 5.74) is 7.03. The van der Waals surface area contributed by atoms with Crippen LogP contribution in [0.4, 0.5) is 0 Å². The standard InChI is InChI=1S/C9H14BrNOS/c1-9(11,3-4-12-2)7-5-13-6-8(7)10/h5-6H,3-4,11H2,1-2H3. The first-order valence-electron chi connectivity index (χ1n) is 4.08. The molecule has 1 unspecified atom stereocenters. The molecule has 74 valence electrons. The summed E-state index contributed by atoms with van der Waals surface area (Å²) in [6.07, 6.45) is 0.832. The van der Waals surface area contributed by atoms with Crippen molar-refractivity contribution in [1.82, 2.24) is 0 Å². The summed E-state index contributed by atoms with van der Waals surface area (Å²) < 4.78 is 6.12. The average molecular weight is 264 g/mol. The van der Waals surface area contributed by atoms with Crippen molar-refractivity contribution in [3.63, 3.8) is 0 Å². The van der Waals surface area contributed by atoms with E-state index >= 15 is 0 Å². The minimum Gasteiger partial charge on any atom is -0.385 e. The molecule has 0 amide bonds. The topological polar surface area (TPSA) is 35.2 Å². The number of nitrogens with two attached hydrogens (primary N) is 1. The van der Waals surface area contributed by atoms with Crippen LogP contribution < -0.4 is 5.73 Å². The van der Waals surface area contributed by atoms with Gasteiger partial charge < -0.3 is 10.5 Å². The molecule has 0 aromatic carbocycles. The van der Waals surface area contributed by atoms with E-state index in [0.717, 1.165) is 16.5 Å². The minimum atomic E-state index is -0.297. The first-order valence-corrected chi connectivity index (χ1v) is 5.81. The maximum absolute atomic E-state index is 6.17. The van der Waals surface area contributed by atoms with Gasteiger partial charge in [-0.2, -0.15) is 11.3 Å². The number of rotatable bonds is 4. The van der Waals surface area contributed by atoms with E-state index in [1.807, 2.05) is 12.3 Å². The Morgan fingerprint density at radius 1 is 1.62 bits per heavy atom. The predicted molar refractivity (Wildman–Crippen MR) is 60.1 cm³/mol. The first kappa shape index (κ1) is 11.2. The number of ether oxygens (including phenoxy) is 1. The normalized spacial score (nSPS) is 15.7. The van der Waals surface area contributed by atoms with Gasteiger partial charge in [0.15, 0.2) is 0 Å². The molecule has 13 heavy (non-hydrogen) atoms. The molecule has 2 nitrogen and oxygen atoms in total. The van der Waals surface area contributed by atoms with Gasteiger partial charge in [-0.25, -0.2) is 0 Å². The van der Waals surface area contributed by atoms with Crippen molar-refractivity contribution in [1.29, 1.82) is 0 Å². The van der Waals surface area contributed by atoms with E-state index < -0.39 is 0 Å². The lowest BCUT2D eigenvalue weighted by atomic mass is 9.93. The molecule has 1 heterocycles. The molecule has 0 saturated heterocycles. The van der Waals surface area contributed by atoms with Gasteiger partial charge in [0.1, 0.15) is 0 Å². The Balaban J connectivity index is 2.74. The van der Waals surface area contributed by atoms with Crippen LogP contribution in [-0.4, -0.2) is 13.7 Å². The largest absolute Gasteiger partial charge is 0.385 e. The molecule has 0 aliphatic rings. The highest BCUT2D eigenvalue weighted by atomic mass is 79.9. The summed E-state index contributed by atoms with van der Waals surface area (Å²) in [4.78, 5) is 0. The van der Waals surface area contributed by atoms with E-state index in [1.54, 1.807) is 18.4 Å². The molecular formula is C9H14BrNOS. The Hall–Kier alpha value is 0.100. The van der Waals surface area contributed by atoms with Crippen LogP contribution in [0.25, 0.3) is 0 Å². The van der Waals surface area contributed by atoms with Gasteiger partial charge in [0.2, 0.25) is 0 Å². The van der Waals surface area contributed by atoms with E-state index in [0.29, 0.717) is 6.61 Å². The van der Waals surface area contributed by atoms with Crippen LogP contribution in [0.15, 0.2) is 15.2 Å². The zero-order valence-electron chi connectivity index (χ0n) is 7.84. The average Bonchev–Trinajstić information content (AvgIpc) is 2.48. The van der Waals surface area contributed by atoms with Gasteiger partial charge in [0.05, 0.1) is 0 Å². The second-order valence-electron chi connectivity index (χ2n) is 3.29. The monoisotopic (exact) mass is 263 g/mol. The number of methoxy groups -OCH3 is 1. The van der Waals surface area contributed by atoms with Gasteiger partial charge in [-0.05, 0) is 40.2 Å². The van der Waals surface area contributed by atoms with Crippen LogP contribution in [0.3, 0.4) is 0 Å². The van der Waals surface area contributed by atoms with E-state index in [1.165, 1.54) is 0 Å². The highest BCUT2D eigenvalue weighted by molar-refractivity contribution is 9.10. The Morgan fingerprint density at radius 3 is 2.77 bits per heavy atom. The summed E-state index contributed by atoms with van der Waals surface area (Å²) in [6.45, 7) is 2.72. The minimum absolute atomic E-state index is 0.297. The molecule has 0 saturated carbocycles. The third kappa shape index (κ3) is 2.77. The summed E-state index contributed by atoms with van der Waals surface area (Å²) in [5, 5.41) is 4.13. The predicted octanol–water partition coefficient (Wildman–Crippen LogP) is 2.72. The van der Waals surface area contributed by atoms with Crippen molar-refractivity contribution in [2.24, 2.45) is 5.73 Å². The van der Waals surface area contributed by atoms with Crippen LogP contribution in [0, 0.1) is 0 Å². The molecule has 0 spiro atoms. The smallest absolute Gasteiger partial charge is 0.0483 e.